The van der Waals surface area contributed by atoms with E-state index in [-0.39, 0.29) is 0 Å². The topological polar surface area (TPSA) is 109 Å². The van der Waals surface area contributed by atoms with Crippen molar-refractivity contribution in [3.05, 3.63) is 271 Å². The molecule has 0 saturated heterocycles. The highest BCUT2D eigenvalue weighted by Crippen LogP contribution is 2.44. The molecule has 0 spiro atoms. The molecule has 0 radical (unpaired) electrons. The smallest absolute Gasteiger partial charge is 0.423 e. The van der Waals surface area contributed by atoms with E-state index in [0.717, 1.165) is 47.9 Å². The molecule has 0 amide bonds. The third-order valence-electron chi connectivity index (χ3n) is 15.5. The van der Waals surface area contributed by atoms with E-state index >= 15 is 0 Å². The second-order valence-corrected chi connectivity index (χ2v) is 29.6. The molecule has 416 valence electrons. The van der Waals surface area contributed by atoms with Gasteiger partial charge in [-0.25, -0.2) is 16.8 Å². The Hall–Kier alpha value is -8.12. The summed E-state index contributed by atoms with van der Waals surface area (Å²) in [7, 11) is -8.60. The Morgan fingerprint density at radius 1 is 0.279 bits per heavy atom. The van der Waals surface area contributed by atoms with Crippen molar-refractivity contribution in [2.45, 2.75) is 19.6 Å². The molecule has 0 aliphatic rings. The van der Waals surface area contributed by atoms with Crippen LogP contribution in [0.4, 0.5) is 0 Å². The van der Waals surface area contributed by atoms with Crippen LogP contribution in [0.1, 0.15) is 0 Å². The van der Waals surface area contributed by atoms with Crippen LogP contribution in [0.3, 0.4) is 0 Å². The lowest BCUT2D eigenvalue weighted by molar-refractivity contribution is 0.426. The van der Waals surface area contributed by atoms with Crippen molar-refractivity contribution >= 4 is 174 Å². The van der Waals surface area contributed by atoms with Gasteiger partial charge in [-0.05, 0) is 129 Å². The van der Waals surface area contributed by atoms with E-state index in [1.807, 2.05) is 66.7 Å². The van der Waals surface area contributed by atoms with E-state index in [9.17, 15) is 26.9 Å². The van der Waals surface area contributed by atoms with Crippen molar-refractivity contribution in [3.8, 4) is 33.4 Å². The first-order chi connectivity index (χ1) is 41.9. The van der Waals surface area contributed by atoms with E-state index in [1.54, 1.807) is 112 Å². The summed E-state index contributed by atoms with van der Waals surface area (Å²) in [6.07, 6.45) is 0. The fourth-order valence-electron chi connectivity index (χ4n) is 11.2. The van der Waals surface area contributed by atoms with Crippen LogP contribution in [0.15, 0.2) is 291 Å². The van der Waals surface area contributed by atoms with Gasteiger partial charge in [0.05, 0.1) is 19.6 Å². The van der Waals surface area contributed by atoms with Gasteiger partial charge in [-0.3, -0.25) is 0 Å². The van der Waals surface area contributed by atoms with Gasteiger partial charge in [0.25, 0.3) is 0 Å². The van der Waals surface area contributed by atoms with Gasteiger partial charge in [-0.1, -0.05) is 198 Å². The van der Waals surface area contributed by atoms with Crippen LogP contribution in [-0.2, 0) is 19.7 Å². The second-order valence-electron chi connectivity index (χ2n) is 20.6. The van der Waals surface area contributed by atoms with E-state index in [0.29, 0.717) is 25.0 Å². The number of sulfone groups is 2. The van der Waals surface area contributed by atoms with Crippen LogP contribution in [0.5, 0.6) is 0 Å². The van der Waals surface area contributed by atoms with E-state index in [4.69, 9.17) is 0 Å². The molecule has 0 unspecified atom stereocenters. The molecule has 2 N–H and O–H groups in total. The van der Waals surface area contributed by atoms with Gasteiger partial charge in [0.15, 0.2) is 0 Å². The van der Waals surface area contributed by atoms with Gasteiger partial charge >= 0.3 is 7.12 Å². The van der Waals surface area contributed by atoms with Crippen molar-refractivity contribution in [2.24, 2.45) is 0 Å². The maximum absolute atomic E-state index is 13.6. The minimum absolute atomic E-state index is 0.292. The Morgan fingerprint density at radius 3 is 0.849 bits per heavy atom. The van der Waals surface area contributed by atoms with Crippen molar-refractivity contribution in [2.75, 3.05) is 0 Å². The highest BCUT2D eigenvalue weighted by Gasteiger charge is 2.22. The minimum atomic E-state index is -3.66. The Kier molecular flexibility index (Phi) is 14.9. The Balaban J connectivity index is 0.000000126. The zero-order chi connectivity index (χ0) is 58.7. The molecule has 0 fully saturated rings. The number of hydrogen-bond acceptors (Lipinski definition) is 10. The van der Waals surface area contributed by atoms with Gasteiger partial charge in [-0.15, -0.1) is 45.3 Å². The largest absolute Gasteiger partial charge is 0.489 e. The normalized spacial score (nSPS) is 11.8. The first-order valence-electron chi connectivity index (χ1n) is 27.4. The SMILES string of the molecule is O=S(=O)(c1ccc(-c2cccc3c2sc2ccccc23)cc1)c1ccc(-c2cccc3c2sc2ccccc23)cc1.O=S(=O)(c1ccc(Br)cc1)c1ccc(-c2cccc3c2sc2ccccc23)cc1.OB(O)c1cccc2c1sc1ccccc12. The number of hydrogen-bond donors (Lipinski definition) is 2. The summed E-state index contributed by atoms with van der Waals surface area (Å²) in [6, 6.07) is 86.4. The summed E-state index contributed by atoms with van der Waals surface area (Å²) in [5.74, 6) is 0. The molecule has 4 aromatic heterocycles. The molecule has 16 rings (SSSR count). The quantitative estimate of drug-likeness (QED) is 0.147. The summed E-state index contributed by atoms with van der Waals surface area (Å²) in [4.78, 5) is 1.18. The number of rotatable bonds is 8. The van der Waals surface area contributed by atoms with Crippen molar-refractivity contribution < 1.29 is 26.9 Å². The molecule has 86 heavy (non-hydrogen) atoms. The molecule has 12 aromatic carbocycles. The van der Waals surface area contributed by atoms with Crippen LogP contribution in [0, 0.1) is 0 Å². The second kappa shape index (κ2) is 23.0. The standard InChI is InChI=1S/C36H22O2S3.C24H15BrO2S2.C12H9BO2S/c37-41(38,25-19-15-23(16-20-25)27-9-5-11-31-29-7-1-3-13-33(29)39-35(27)31)26-21-17-24(18-22-26)28-10-6-12-32-30-8-2-4-14-34(30)40-36(28)32;25-17-10-14-19(15-11-17)29(26,27)18-12-8-16(9-13-18)20-5-3-6-22-21-4-1-2-7-23(21)28-24(20)22;14-13(15)10-6-3-5-9-8-4-1-2-7-11(8)16-12(9)10/h1-22H;1-15H;1-7,14-15H. The summed E-state index contributed by atoms with van der Waals surface area (Å²) in [6.45, 7) is 0. The fourth-order valence-corrected chi connectivity index (χ4v) is 19.0. The van der Waals surface area contributed by atoms with E-state index in [1.165, 1.54) is 70.6 Å². The Morgan fingerprint density at radius 2 is 0.535 bits per heavy atom. The zero-order valence-corrected chi connectivity index (χ0v) is 51.8. The monoisotopic (exact) mass is 1290 g/mol. The lowest BCUT2D eigenvalue weighted by Gasteiger charge is -2.09. The zero-order valence-electron chi connectivity index (χ0n) is 45.3. The summed E-state index contributed by atoms with van der Waals surface area (Å²) in [5.41, 5.74) is 6.97. The lowest BCUT2D eigenvalue weighted by Crippen LogP contribution is -2.29. The van der Waals surface area contributed by atoms with E-state index in [2.05, 4.69) is 149 Å². The molecular weight excluding hydrogens is 1240 g/mol. The molecule has 14 heteroatoms. The van der Waals surface area contributed by atoms with Crippen molar-refractivity contribution in [3.63, 3.8) is 0 Å². The summed E-state index contributed by atoms with van der Waals surface area (Å²) >= 11 is 10.3. The van der Waals surface area contributed by atoms with Crippen molar-refractivity contribution in [1.82, 2.24) is 0 Å². The van der Waals surface area contributed by atoms with Gasteiger partial charge in [0.2, 0.25) is 19.7 Å². The van der Waals surface area contributed by atoms with Crippen LogP contribution in [0.2, 0.25) is 0 Å². The molecular formula is C72H46BBrO6S6. The van der Waals surface area contributed by atoms with Crippen molar-refractivity contribution in [1.29, 1.82) is 0 Å². The van der Waals surface area contributed by atoms with Crippen LogP contribution >= 0.6 is 61.3 Å². The molecule has 0 atom stereocenters. The molecule has 0 saturated carbocycles. The predicted octanol–water partition coefficient (Wildman–Crippen LogP) is 19.6. The van der Waals surface area contributed by atoms with Crippen LogP contribution in [-0.4, -0.2) is 34.0 Å². The average molecular weight is 1290 g/mol. The Bertz CT molecular complexity index is 5320. The number of fused-ring (bicyclic) bond motifs is 12. The Labute approximate surface area is 520 Å². The molecule has 0 aliphatic carbocycles. The fraction of sp³-hybridized carbons (Fsp3) is 0. The molecule has 0 aliphatic heterocycles. The lowest BCUT2D eigenvalue weighted by atomic mass is 9.80. The summed E-state index contributed by atoms with van der Waals surface area (Å²) < 4.78 is 63.4. The molecule has 6 nitrogen and oxygen atoms in total. The summed E-state index contributed by atoms with van der Waals surface area (Å²) in [5, 5.41) is 28.3. The van der Waals surface area contributed by atoms with E-state index < -0.39 is 26.8 Å². The number of halogens is 1. The average Bonchev–Trinajstić information content (AvgIpc) is 2.04. The number of benzene rings is 12. The third kappa shape index (κ3) is 10.2. The van der Waals surface area contributed by atoms with Gasteiger partial charge in [0, 0.05) is 79.8 Å². The predicted molar refractivity (Wildman–Crippen MR) is 369 cm³/mol. The maximum atomic E-state index is 13.6. The van der Waals surface area contributed by atoms with Gasteiger partial charge in [-0.2, -0.15) is 0 Å². The van der Waals surface area contributed by atoms with Crippen LogP contribution < -0.4 is 5.46 Å². The first-order valence-corrected chi connectivity index (χ1v) is 34.5. The molecule has 0 bridgehead atoms. The number of thiophene rings is 4. The minimum Gasteiger partial charge on any atom is -0.423 e. The van der Waals surface area contributed by atoms with Crippen LogP contribution in [0.25, 0.3) is 114 Å². The maximum Gasteiger partial charge on any atom is 0.489 e. The molecule has 16 aromatic rings. The highest BCUT2D eigenvalue weighted by molar-refractivity contribution is 9.10. The molecule has 4 heterocycles. The third-order valence-corrected chi connectivity index (χ3v) is 24.5. The van der Waals surface area contributed by atoms with Gasteiger partial charge in [0.1, 0.15) is 0 Å². The highest BCUT2D eigenvalue weighted by atomic mass is 79.9. The first kappa shape index (κ1) is 55.7. The van der Waals surface area contributed by atoms with Gasteiger partial charge < -0.3 is 10.0 Å².